The highest BCUT2D eigenvalue weighted by molar-refractivity contribution is 6.06. The summed E-state index contributed by atoms with van der Waals surface area (Å²) in [6, 6.07) is 4.13. The van der Waals surface area contributed by atoms with Crippen molar-refractivity contribution in [1.29, 1.82) is 0 Å². The summed E-state index contributed by atoms with van der Waals surface area (Å²) in [6.07, 6.45) is 6.16. The molecule has 2 fully saturated rings. The fraction of sp³-hybridized carbons (Fsp3) is 0.389. The number of nitro benzene ring substituents is 1. The minimum Gasteiger partial charge on any atom is -0.493 e. The Labute approximate surface area is 149 Å². The maximum absolute atomic E-state index is 12.6. The van der Waals surface area contributed by atoms with Crippen molar-refractivity contribution in [2.45, 2.75) is 13.3 Å². The van der Waals surface area contributed by atoms with Crippen LogP contribution < -0.4 is 4.74 Å². The zero-order valence-electron chi connectivity index (χ0n) is 14.1. The van der Waals surface area contributed by atoms with Gasteiger partial charge in [0.2, 0.25) is 0 Å². The van der Waals surface area contributed by atoms with E-state index in [1.165, 1.54) is 24.4 Å². The van der Waals surface area contributed by atoms with Crippen molar-refractivity contribution in [3.63, 3.8) is 0 Å². The van der Waals surface area contributed by atoms with Crippen LogP contribution in [0.15, 0.2) is 35.5 Å². The quantitative estimate of drug-likeness (QED) is 0.265. The van der Waals surface area contributed by atoms with Crippen molar-refractivity contribution in [1.82, 2.24) is 5.01 Å². The van der Waals surface area contributed by atoms with Gasteiger partial charge in [-0.05, 0) is 31.2 Å². The van der Waals surface area contributed by atoms with Gasteiger partial charge in [0.1, 0.15) is 5.75 Å². The monoisotopic (exact) mass is 355 g/mol. The average molecular weight is 355 g/mol. The van der Waals surface area contributed by atoms with Crippen LogP contribution in [0.3, 0.4) is 0 Å². The molecule has 26 heavy (non-hydrogen) atoms. The van der Waals surface area contributed by atoms with Gasteiger partial charge in [-0.3, -0.25) is 19.7 Å². The molecule has 0 radical (unpaired) electrons. The van der Waals surface area contributed by atoms with Gasteiger partial charge in [-0.1, -0.05) is 12.2 Å². The molecule has 2 aliphatic carbocycles. The Kier molecular flexibility index (Phi) is 3.82. The van der Waals surface area contributed by atoms with E-state index in [9.17, 15) is 19.7 Å². The Hall–Kier alpha value is -3.03. The number of imide groups is 1. The van der Waals surface area contributed by atoms with Gasteiger partial charge in [0.15, 0.2) is 0 Å². The van der Waals surface area contributed by atoms with Crippen molar-refractivity contribution < 1.29 is 19.2 Å². The Morgan fingerprint density at radius 3 is 2.50 bits per heavy atom. The van der Waals surface area contributed by atoms with Crippen molar-refractivity contribution >= 4 is 23.7 Å². The number of ether oxygens (including phenoxy) is 1. The number of amides is 2. The van der Waals surface area contributed by atoms with Crippen LogP contribution in [-0.2, 0) is 9.59 Å². The molecule has 0 spiro atoms. The largest absolute Gasteiger partial charge is 0.493 e. The maximum atomic E-state index is 12.6. The molecule has 2 amide bonds. The molecule has 0 aromatic heterocycles. The second-order valence-corrected chi connectivity index (χ2v) is 6.64. The Morgan fingerprint density at radius 2 is 1.92 bits per heavy atom. The third-order valence-corrected chi connectivity index (χ3v) is 5.26. The summed E-state index contributed by atoms with van der Waals surface area (Å²) >= 11 is 0. The first-order valence-electron chi connectivity index (χ1n) is 8.52. The Balaban J connectivity index is 1.62. The molecule has 1 aromatic carbocycles. The van der Waals surface area contributed by atoms with E-state index in [2.05, 4.69) is 5.10 Å². The number of rotatable bonds is 5. The molecule has 1 aromatic rings. The number of nitro groups is 1. The number of non-ortho nitro benzene ring substituents is 1. The second kappa shape index (κ2) is 6.05. The number of hydrogen-bond acceptors (Lipinski definition) is 6. The maximum Gasteiger partial charge on any atom is 0.270 e. The normalized spacial score (nSPS) is 29.0. The second-order valence-electron chi connectivity index (χ2n) is 6.64. The lowest BCUT2D eigenvalue weighted by Gasteiger charge is -2.13. The van der Waals surface area contributed by atoms with Gasteiger partial charge < -0.3 is 4.74 Å². The van der Waals surface area contributed by atoms with Crippen LogP contribution in [0.2, 0.25) is 0 Å². The summed E-state index contributed by atoms with van der Waals surface area (Å²) in [5.74, 6) is -0.620. The van der Waals surface area contributed by atoms with Crippen LogP contribution in [0.5, 0.6) is 5.75 Å². The first-order valence-corrected chi connectivity index (χ1v) is 8.52. The number of carbonyl (C=O) groups is 2. The fourth-order valence-electron chi connectivity index (χ4n) is 4.16. The minimum atomic E-state index is -0.521. The lowest BCUT2D eigenvalue weighted by atomic mass is 9.85. The molecule has 4 atom stereocenters. The van der Waals surface area contributed by atoms with E-state index in [1.807, 2.05) is 12.2 Å². The van der Waals surface area contributed by atoms with Crippen LogP contribution in [0.25, 0.3) is 0 Å². The van der Waals surface area contributed by atoms with Crippen molar-refractivity contribution in [2.75, 3.05) is 6.61 Å². The number of hydrogen-bond donors (Lipinski definition) is 0. The number of benzene rings is 1. The van der Waals surface area contributed by atoms with Gasteiger partial charge in [0.25, 0.3) is 17.5 Å². The lowest BCUT2D eigenvalue weighted by molar-refractivity contribution is -0.384. The zero-order chi connectivity index (χ0) is 18.4. The van der Waals surface area contributed by atoms with Gasteiger partial charge in [0.05, 0.1) is 29.6 Å². The van der Waals surface area contributed by atoms with E-state index in [0.717, 1.165) is 11.4 Å². The van der Waals surface area contributed by atoms with E-state index in [1.54, 1.807) is 6.92 Å². The predicted molar refractivity (Wildman–Crippen MR) is 91.4 cm³/mol. The highest BCUT2D eigenvalue weighted by Crippen LogP contribution is 2.52. The molecule has 8 nitrogen and oxygen atoms in total. The van der Waals surface area contributed by atoms with Crippen molar-refractivity contribution in [2.24, 2.45) is 28.8 Å². The Morgan fingerprint density at radius 1 is 1.27 bits per heavy atom. The molecule has 134 valence electrons. The van der Waals surface area contributed by atoms with Gasteiger partial charge in [0, 0.05) is 17.7 Å². The highest BCUT2D eigenvalue weighted by atomic mass is 16.6. The third kappa shape index (κ3) is 2.40. The predicted octanol–water partition coefficient (Wildman–Crippen LogP) is 2.13. The Bertz CT molecular complexity index is 832. The number of hydrazone groups is 1. The topological polar surface area (TPSA) is 102 Å². The molecule has 8 heteroatoms. The highest BCUT2D eigenvalue weighted by Gasteiger charge is 2.59. The summed E-state index contributed by atoms with van der Waals surface area (Å²) in [6.45, 7) is 2.17. The van der Waals surface area contributed by atoms with Crippen LogP contribution in [0.1, 0.15) is 18.9 Å². The molecule has 0 N–H and O–H groups in total. The molecule has 2 bridgehead atoms. The summed E-state index contributed by atoms with van der Waals surface area (Å²) in [5, 5.41) is 16.0. The SMILES string of the molecule is CCOc1ccc([N+](=O)[O-])cc1C=NN1C(=O)C2C3C=CC(C3)C2C1=O. The van der Waals surface area contributed by atoms with Crippen LogP contribution in [0.4, 0.5) is 5.69 Å². The molecular formula is C18H17N3O5. The van der Waals surface area contributed by atoms with E-state index in [4.69, 9.17) is 4.74 Å². The standard InChI is InChI=1S/C18H17N3O5/c1-2-26-14-6-5-13(21(24)25)8-12(14)9-19-20-17(22)15-10-3-4-11(7-10)16(15)18(20)23/h3-6,8-11,15-16H,2,7H2,1H3. The first kappa shape index (κ1) is 16.4. The first-order chi connectivity index (χ1) is 12.5. The molecule has 1 saturated carbocycles. The van der Waals surface area contributed by atoms with Crippen LogP contribution >= 0.6 is 0 Å². The van der Waals surface area contributed by atoms with E-state index < -0.39 is 4.92 Å². The number of nitrogens with zero attached hydrogens (tertiary/aromatic N) is 3. The van der Waals surface area contributed by atoms with E-state index in [-0.39, 0.29) is 41.2 Å². The van der Waals surface area contributed by atoms with Crippen molar-refractivity contribution in [3.8, 4) is 5.75 Å². The number of fused-ring (bicyclic) bond motifs is 5. The smallest absolute Gasteiger partial charge is 0.270 e. The molecule has 1 heterocycles. The average Bonchev–Trinajstić information content (AvgIpc) is 3.29. The van der Waals surface area contributed by atoms with E-state index in [0.29, 0.717) is 17.9 Å². The molecular weight excluding hydrogens is 338 g/mol. The van der Waals surface area contributed by atoms with Gasteiger partial charge in [-0.15, -0.1) is 0 Å². The summed E-state index contributed by atoms with van der Waals surface area (Å²) < 4.78 is 5.45. The lowest BCUT2D eigenvalue weighted by Crippen LogP contribution is -2.28. The van der Waals surface area contributed by atoms with Gasteiger partial charge in [-0.2, -0.15) is 10.1 Å². The minimum absolute atomic E-state index is 0.110. The number of carbonyl (C=O) groups excluding carboxylic acids is 2. The van der Waals surface area contributed by atoms with Crippen LogP contribution in [-0.4, -0.2) is 34.6 Å². The van der Waals surface area contributed by atoms with Gasteiger partial charge >= 0.3 is 0 Å². The summed E-state index contributed by atoms with van der Waals surface area (Å²) in [5.41, 5.74) is 0.230. The number of allylic oxidation sites excluding steroid dienone is 2. The fourth-order valence-corrected chi connectivity index (χ4v) is 4.16. The summed E-state index contributed by atoms with van der Waals surface area (Å²) in [7, 11) is 0. The molecule has 1 saturated heterocycles. The third-order valence-electron chi connectivity index (χ3n) is 5.26. The molecule has 1 aliphatic heterocycles. The van der Waals surface area contributed by atoms with Crippen molar-refractivity contribution in [3.05, 3.63) is 46.0 Å². The van der Waals surface area contributed by atoms with E-state index >= 15 is 0 Å². The van der Waals surface area contributed by atoms with Gasteiger partial charge in [-0.25, -0.2) is 0 Å². The molecule has 3 aliphatic rings. The summed E-state index contributed by atoms with van der Waals surface area (Å²) in [4.78, 5) is 35.7. The molecule has 4 rings (SSSR count). The zero-order valence-corrected chi connectivity index (χ0v) is 14.1. The molecule has 4 unspecified atom stereocenters. The van der Waals surface area contributed by atoms with Crippen LogP contribution in [0, 0.1) is 33.8 Å².